The first-order chi connectivity index (χ1) is 15.5. The first kappa shape index (κ1) is 22.5. The molecule has 0 saturated carbocycles. The fraction of sp³-hybridized carbons (Fsp3) is 0.280. The summed E-state index contributed by atoms with van der Waals surface area (Å²) in [5.41, 5.74) is 3.55. The van der Waals surface area contributed by atoms with Crippen LogP contribution in [-0.4, -0.2) is 25.9 Å². The predicted molar refractivity (Wildman–Crippen MR) is 120 cm³/mol. The minimum absolute atomic E-state index is 0.227. The Kier molecular flexibility index (Phi) is 6.89. The van der Waals surface area contributed by atoms with Crippen molar-refractivity contribution < 1.29 is 22.3 Å². The van der Waals surface area contributed by atoms with Crippen molar-refractivity contribution in [3.63, 3.8) is 0 Å². The van der Waals surface area contributed by atoms with Gasteiger partial charge in [0.05, 0.1) is 18.1 Å². The number of hydrogen-bond acceptors (Lipinski definition) is 4. The highest BCUT2D eigenvalue weighted by atomic mass is 32.2. The lowest BCUT2D eigenvalue weighted by molar-refractivity contribution is 0.107. The molecule has 0 saturated heterocycles. The third-order valence-electron chi connectivity index (χ3n) is 5.47. The van der Waals surface area contributed by atoms with Crippen LogP contribution in [0.1, 0.15) is 29.2 Å². The van der Waals surface area contributed by atoms with Crippen molar-refractivity contribution in [1.29, 1.82) is 0 Å². The number of benzene rings is 3. The predicted octanol–water partition coefficient (Wildman–Crippen LogP) is 4.69. The lowest BCUT2D eigenvalue weighted by Gasteiger charge is -2.20. The SMILES string of the molecule is CCc1ccc(S(=O)(=O)N2CCOc3ccc(COCc4cccc(F)c4)cc3C2)cc1. The molecule has 1 aliphatic rings. The summed E-state index contributed by atoms with van der Waals surface area (Å²) in [6, 6.07) is 19.0. The van der Waals surface area contributed by atoms with E-state index in [-0.39, 0.29) is 30.4 Å². The van der Waals surface area contributed by atoms with Crippen LogP contribution in [0.3, 0.4) is 0 Å². The monoisotopic (exact) mass is 455 g/mol. The molecule has 0 bridgehead atoms. The number of hydrogen-bond donors (Lipinski definition) is 0. The highest BCUT2D eigenvalue weighted by Crippen LogP contribution is 2.28. The van der Waals surface area contributed by atoms with E-state index in [1.165, 1.54) is 16.4 Å². The molecule has 7 heteroatoms. The van der Waals surface area contributed by atoms with Gasteiger partial charge in [-0.05, 0) is 59.5 Å². The Bertz CT molecular complexity index is 1180. The van der Waals surface area contributed by atoms with Crippen molar-refractivity contribution in [1.82, 2.24) is 4.31 Å². The van der Waals surface area contributed by atoms with Gasteiger partial charge in [0.2, 0.25) is 10.0 Å². The maximum Gasteiger partial charge on any atom is 0.243 e. The van der Waals surface area contributed by atoms with Crippen LogP contribution in [0.5, 0.6) is 5.75 Å². The van der Waals surface area contributed by atoms with Crippen LogP contribution >= 0.6 is 0 Å². The summed E-state index contributed by atoms with van der Waals surface area (Å²) in [6.07, 6.45) is 0.856. The molecule has 168 valence electrons. The average molecular weight is 456 g/mol. The van der Waals surface area contributed by atoms with Gasteiger partial charge in [-0.1, -0.05) is 37.3 Å². The largest absolute Gasteiger partial charge is 0.492 e. The highest BCUT2D eigenvalue weighted by Gasteiger charge is 2.27. The summed E-state index contributed by atoms with van der Waals surface area (Å²) in [6.45, 7) is 3.44. The second-order valence-electron chi connectivity index (χ2n) is 7.75. The molecule has 0 amide bonds. The smallest absolute Gasteiger partial charge is 0.243 e. The first-order valence-corrected chi connectivity index (χ1v) is 12.1. The van der Waals surface area contributed by atoms with Gasteiger partial charge in [-0.3, -0.25) is 0 Å². The van der Waals surface area contributed by atoms with Gasteiger partial charge in [-0.15, -0.1) is 0 Å². The Labute approximate surface area is 188 Å². The summed E-state index contributed by atoms with van der Waals surface area (Å²) < 4.78 is 52.7. The molecule has 0 aliphatic carbocycles. The molecular weight excluding hydrogens is 429 g/mol. The Morgan fingerprint density at radius 3 is 2.41 bits per heavy atom. The summed E-state index contributed by atoms with van der Waals surface area (Å²) in [5.74, 6) is 0.386. The van der Waals surface area contributed by atoms with E-state index in [0.29, 0.717) is 19.0 Å². The van der Waals surface area contributed by atoms with E-state index in [9.17, 15) is 12.8 Å². The Balaban J connectivity index is 1.47. The van der Waals surface area contributed by atoms with E-state index < -0.39 is 10.0 Å². The summed E-state index contributed by atoms with van der Waals surface area (Å²) >= 11 is 0. The quantitative estimate of drug-likeness (QED) is 0.519. The van der Waals surface area contributed by atoms with Crippen molar-refractivity contribution in [2.75, 3.05) is 13.2 Å². The first-order valence-electron chi connectivity index (χ1n) is 10.6. The van der Waals surface area contributed by atoms with Crippen molar-refractivity contribution in [3.05, 3.63) is 94.8 Å². The van der Waals surface area contributed by atoms with Crippen LogP contribution in [-0.2, 0) is 40.9 Å². The number of fused-ring (bicyclic) bond motifs is 1. The summed E-state index contributed by atoms with van der Waals surface area (Å²) in [7, 11) is -3.64. The van der Waals surface area contributed by atoms with Gasteiger partial charge in [-0.25, -0.2) is 12.8 Å². The van der Waals surface area contributed by atoms with Crippen LogP contribution in [0.4, 0.5) is 4.39 Å². The molecule has 4 rings (SSSR count). The van der Waals surface area contributed by atoms with E-state index in [4.69, 9.17) is 9.47 Å². The average Bonchev–Trinajstić information content (AvgIpc) is 3.02. The fourth-order valence-electron chi connectivity index (χ4n) is 3.68. The third-order valence-corrected chi connectivity index (χ3v) is 7.33. The molecule has 3 aromatic rings. The summed E-state index contributed by atoms with van der Waals surface area (Å²) in [4.78, 5) is 0.285. The molecule has 32 heavy (non-hydrogen) atoms. The Hall–Kier alpha value is -2.74. The lowest BCUT2D eigenvalue weighted by Crippen LogP contribution is -2.32. The standard InChI is InChI=1S/C25H26FNO4S/c1-2-19-6-9-24(10-7-19)32(28,29)27-12-13-31-25-11-8-21(14-22(25)16-27)18-30-17-20-4-3-5-23(26)15-20/h3-11,14-15H,2,12-13,16-18H2,1H3. The van der Waals surface area contributed by atoms with Crippen molar-refractivity contribution >= 4 is 10.0 Å². The number of rotatable bonds is 7. The molecule has 3 aromatic carbocycles. The molecule has 0 aromatic heterocycles. The normalized spacial score (nSPS) is 14.4. The summed E-state index contributed by atoms with van der Waals surface area (Å²) in [5, 5.41) is 0. The van der Waals surface area contributed by atoms with Gasteiger partial charge in [0, 0.05) is 18.7 Å². The van der Waals surface area contributed by atoms with Gasteiger partial charge >= 0.3 is 0 Å². The van der Waals surface area contributed by atoms with Crippen molar-refractivity contribution in [2.45, 2.75) is 38.0 Å². The molecule has 0 N–H and O–H groups in total. The van der Waals surface area contributed by atoms with Crippen molar-refractivity contribution in [2.24, 2.45) is 0 Å². The molecule has 0 radical (unpaired) electrons. The highest BCUT2D eigenvalue weighted by molar-refractivity contribution is 7.89. The zero-order valence-corrected chi connectivity index (χ0v) is 18.8. The van der Waals surface area contributed by atoms with Crippen LogP contribution < -0.4 is 4.74 Å². The van der Waals surface area contributed by atoms with Crippen LogP contribution in [0.25, 0.3) is 0 Å². The molecule has 1 heterocycles. The third kappa shape index (κ3) is 5.18. The Morgan fingerprint density at radius 2 is 1.69 bits per heavy atom. The van der Waals surface area contributed by atoms with E-state index in [1.807, 2.05) is 43.3 Å². The van der Waals surface area contributed by atoms with E-state index in [2.05, 4.69) is 0 Å². The molecule has 5 nitrogen and oxygen atoms in total. The second-order valence-corrected chi connectivity index (χ2v) is 9.69. The molecule has 1 aliphatic heterocycles. The van der Waals surface area contributed by atoms with Crippen LogP contribution in [0, 0.1) is 5.82 Å². The van der Waals surface area contributed by atoms with Crippen molar-refractivity contribution in [3.8, 4) is 5.75 Å². The number of ether oxygens (including phenoxy) is 2. The second kappa shape index (κ2) is 9.81. The molecule has 0 unspecified atom stereocenters. The van der Waals surface area contributed by atoms with Crippen LogP contribution in [0.2, 0.25) is 0 Å². The van der Waals surface area contributed by atoms with E-state index in [0.717, 1.165) is 28.7 Å². The maximum atomic E-state index is 13.3. The minimum atomic E-state index is -3.64. The van der Waals surface area contributed by atoms with Gasteiger partial charge in [0.25, 0.3) is 0 Å². The number of aryl methyl sites for hydroxylation is 1. The molecule has 0 fully saturated rings. The fourth-order valence-corrected chi connectivity index (χ4v) is 5.08. The number of sulfonamides is 1. The van der Waals surface area contributed by atoms with Gasteiger partial charge in [0.1, 0.15) is 18.2 Å². The van der Waals surface area contributed by atoms with E-state index >= 15 is 0 Å². The van der Waals surface area contributed by atoms with Gasteiger partial charge < -0.3 is 9.47 Å². The molecular formula is C25H26FNO4S. The van der Waals surface area contributed by atoms with Gasteiger partial charge in [-0.2, -0.15) is 4.31 Å². The number of halogens is 1. The zero-order chi connectivity index (χ0) is 22.6. The Morgan fingerprint density at radius 1 is 0.969 bits per heavy atom. The van der Waals surface area contributed by atoms with E-state index in [1.54, 1.807) is 18.2 Å². The minimum Gasteiger partial charge on any atom is -0.492 e. The van der Waals surface area contributed by atoms with Gasteiger partial charge in [0.15, 0.2) is 0 Å². The molecule has 0 atom stereocenters. The topological polar surface area (TPSA) is 55.8 Å². The number of nitrogens with zero attached hydrogens (tertiary/aromatic N) is 1. The maximum absolute atomic E-state index is 13.3. The zero-order valence-electron chi connectivity index (χ0n) is 18.0. The lowest BCUT2D eigenvalue weighted by atomic mass is 10.1. The molecule has 0 spiro atoms. The van der Waals surface area contributed by atoms with Crippen LogP contribution in [0.15, 0.2) is 71.6 Å².